The maximum atomic E-state index is 13.0. The van der Waals surface area contributed by atoms with Gasteiger partial charge in [0.25, 0.3) is 5.91 Å². The highest BCUT2D eigenvalue weighted by molar-refractivity contribution is 5.96. The first-order valence-corrected chi connectivity index (χ1v) is 12.9. The first kappa shape index (κ1) is 25.5. The third-order valence-electron chi connectivity index (χ3n) is 6.99. The normalized spacial score (nSPS) is 14.9. The number of nitrogens with one attached hydrogen (secondary N) is 1. The molecule has 0 aliphatic carbocycles. The van der Waals surface area contributed by atoms with Gasteiger partial charge in [-0.3, -0.25) is 9.59 Å². The molecule has 1 heterocycles. The van der Waals surface area contributed by atoms with Crippen LogP contribution in [0.2, 0.25) is 0 Å². The molecule has 0 radical (unpaired) electrons. The molecule has 5 heteroatoms. The fraction of sp³-hybridized carbons (Fsp3) is 0.355. The van der Waals surface area contributed by atoms with Crippen LogP contribution in [-0.2, 0) is 10.2 Å². The summed E-state index contributed by atoms with van der Waals surface area (Å²) in [5.74, 6) is -0.0580. The van der Waals surface area contributed by atoms with E-state index in [-0.39, 0.29) is 23.1 Å². The zero-order valence-corrected chi connectivity index (χ0v) is 21.8. The predicted molar refractivity (Wildman–Crippen MR) is 148 cm³/mol. The fourth-order valence-corrected chi connectivity index (χ4v) is 4.71. The number of nitrogens with zero attached hydrogens (tertiary/aromatic N) is 2. The minimum atomic E-state index is -0.166. The Hall–Kier alpha value is -3.60. The van der Waals surface area contributed by atoms with Gasteiger partial charge in [0.05, 0.1) is 5.92 Å². The van der Waals surface area contributed by atoms with E-state index in [0.29, 0.717) is 13.1 Å². The van der Waals surface area contributed by atoms with Gasteiger partial charge in [-0.15, -0.1) is 0 Å². The lowest BCUT2D eigenvalue weighted by atomic mass is 9.86. The second kappa shape index (κ2) is 11.0. The maximum absolute atomic E-state index is 13.0. The number of anilines is 2. The number of amides is 2. The summed E-state index contributed by atoms with van der Waals surface area (Å²) in [6.07, 6.45) is 0.748. The largest absolute Gasteiger partial charge is 0.368 e. The summed E-state index contributed by atoms with van der Waals surface area (Å²) in [6.45, 7) is 11.5. The van der Waals surface area contributed by atoms with Crippen molar-refractivity contribution in [2.24, 2.45) is 0 Å². The van der Waals surface area contributed by atoms with Crippen LogP contribution in [0.15, 0.2) is 78.9 Å². The third-order valence-corrected chi connectivity index (χ3v) is 6.99. The third kappa shape index (κ3) is 5.96. The van der Waals surface area contributed by atoms with E-state index in [1.807, 2.05) is 78.6 Å². The van der Waals surface area contributed by atoms with Gasteiger partial charge in [-0.05, 0) is 59.4 Å². The molecule has 0 bridgehead atoms. The van der Waals surface area contributed by atoms with Gasteiger partial charge in [0.1, 0.15) is 0 Å². The minimum absolute atomic E-state index is 0.0131. The zero-order valence-electron chi connectivity index (χ0n) is 21.8. The second-order valence-corrected chi connectivity index (χ2v) is 10.5. The van der Waals surface area contributed by atoms with Gasteiger partial charge in [-0.25, -0.2) is 0 Å². The Kier molecular flexibility index (Phi) is 7.78. The average molecular weight is 484 g/mol. The molecule has 5 nitrogen and oxygen atoms in total. The van der Waals surface area contributed by atoms with E-state index < -0.39 is 0 Å². The van der Waals surface area contributed by atoms with Crippen LogP contribution in [0, 0.1) is 0 Å². The van der Waals surface area contributed by atoms with Crippen LogP contribution in [0.25, 0.3) is 0 Å². The van der Waals surface area contributed by atoms with Crippen molar-refractivity contribution in [3.8, 4) is 0 Å². The standard InChI is InChI=1S/C31H37N3O2/c1-5-28(23-9-7-6-8-10-23)29(35)32-26-15-17-27(18-16-26)33-19-21-34(22-20-33)30(36)24-11-13-25(14-12-24)31(2,3)4/h6-18,28H,5,19-22H2,1-4H3,(H,32,35). The summed E-state index contributed by atoms with van der Waals surface area (Å²) in [5, 5.41) is 3.06. The van der Waals surface area contributed by atoms with E-state index in [9.17, 15) is 9.59 Å². The van der Waals surface area contributed by atoms with Crippen LogP contribution in [0.4, 0.5) is 11.4 Å². The van der Waals surface area contributed by atoms with Crippen molar-refractivity contribution in [3.05, 3.63) is 95.6 Å². The Morgan fingerprint density at radius 2 is 1.44 bits per heavy atom. The van der Waals surface area contributed by atoms with Gasteiger partial charge in [-0.1, -0.05) is 70.2 Å². The molecule has 1 aliphatic rings. The molecule has 1 unspecified atom stereocenters. The summed E-state index contributed by atoms with van der Waals surface area (Å²) < 4.78 is 0. The smallest absolute Gasteiger partial charge is 0.253 e. The first-order chi connectivity index (χ1) is 17.3. The van der Waals surface area contributed by atoms with Gasteiger partial charge in [0.15, 0.2) is 0 Å². The monoisotopic (exact) mass is 483 g/mol. The van der Waals surface area contributed by atoms with Crippen LogP contribution in [0.1, 0.15) is 61.5 Å². The number of rotatable bonds is 6. The number of piperazine rings is 1. The highest BCUT2D eigenvalue weighted by atomic mass is 16.2. The Labute approximate surface area is 215 Å². The Morgan fingerprint density at radius 3 is 2.00 bits per heavy atom. The van der Waals surface area contributed by atoms with Crippen LogP contribution in [-0.4, -0.2) is 42.9 Å². The average Bonchev–Trinajstić information content (AvgIpc) is 2.89. The summed E-state index contributed by atoms with van der Waals surface area (Å²) in [6, 6.07) is 25.9. The van der Waals surface area contributed by atoms with Crippen LogP contribution in [0.3, 0.4) is 0 Å². The number of benzene rings is 3. The molecular weight excluding hydrogens is 446 g/mol. The second-order valence-electron chi connectivity index (χ2n) is 10.5. The molecule has 3 aromatic carbocycles. The summed E-state index contributed by atoms with van der Waals surface area (Å²) in [7, 11) is 0. The van der Waals surface area contributed by atoms with E-state index in [2.05, 4.69) is 43.1 Å². The minimum Gasteiger partial charge on any atom is -0.368 e. The molecule has 1 fully saturated rings. The molecule has 0 spiro atoms. The van der Waals surface area contributed by atoms with E-state index in [1.165, 1.54) is 5.56 Å². The highest BCUT2D eigenvalue weighted by Gasteiger charge is 2.23. The lowest BCUT2D eigenvalue weighted by Crippen LogP contribution is -2.48. The van der Waals surface area contributed by atoms with Gasteiger partial charge in [0, 0.05) is 43.1 Å². The van der Waals surface area contributed by atoms with E-state index in [4.69, 9.17) is 0 Å². The lowest BCUT2D eigenvalue weighted by molar-refractivity contribution is -0.117. The molecular formula is C31H37N3O2. The van der Waals surface area contributed by atoms with Crippen molar-refractivity contribution >= 4 is 23.2 Å². The first-order valence-electron chi connectivity index (χ1n) is 12.9. The van der Waals surface area contributed by atoms with Crippen LogP contribution in [0.5, 0.6) is 0 Å². The van der Waals surface area contributed by atoms with Crippen molar-refractivity contribution in [2.45, 2.75) is 45.4 Å². The van der Waals surface area contributed by atoms with Crippen molar-refractivity contribution in [3.63, 3.8) is 0 Å². The number of carbonyl (C=O) groups excluding carboxylic acids is 2. The van der Waals surface area contributed by atoms with Crippen LogP contribution < -0.4 is 10.2 Å². The van der Waals surface area contributed by atoms with Crippen molar-refractivity contribution in [1.29, 1.82) is 0 Å². The molecule has 3 aromatic rings. The number of hydrogen-bond acceptors (Lipinski definition) is 3. The van der Waals surface area contributed by atoms with Gasteiger partial charge in [0.2, 0.25) is 5.91 Å². The highest BCUT2D eigenvalue weighted by Crippen LogP contribution is 2.25. The van der Waals surface area contributed by atoms with E-state index in [0.717, 1.165) is 42.0 Å². The number of carbonyl (C=O) groups is 2. The molecule has 188 valence electrons. The molecule has 1 saturated heterocycles. The zero-order chi connectivity index (χ0) is 25.7. The summed E-state index contributed by atoms with van der Waals surface area (Å²) in [5.41, 5.74) is 4.99. The Bertz CT molecular complexity index is 1160. The van der Waals surface area contributed by atoms with Gasteiger partial charge >= 0.3 is 0 Å². The molecule has 36 heavy (non-hydrogen) atoms. The predicted octanol–water partition coefficient (Wildman–Crippen LogP) is 6.08. The quantitative estimate of drug-likeness (QED) is 0.462. The van der Waals surface area contributed by atoms with Crippen molar-refractivity contribution in [2.75, 3.05) is 36.4 Å². The molecule has 2 amide bonds. The van der Waals surface area contributed by atoms with Gasteiger partial charge < -0.3 is 15.1 Å². The summed E-state index contributed by atoms with van der Waals surface area (Å²) >= 11 is 0. The summed E-state index contributed by atoms with van der Waals surface area (Å²) in [4.78, 5) is 30.1. The Morgan fingerprint density at radius 1 is 0.833 bits per heavy atom. The lowest BCUT2D eigenvalue weighted by Gasteiger charge is -2.36. The topological polar surface area (TPSA) is 52.7 Å². The number of hydrogen-bond donors (Lipinski definition) is 1. The van der Waals surface area contributed by atoms with Crippen LogP contribution >= 0.6 is 0 Å². The van der Waals surface area contributed by atoms with E-state index in [1.54, 1.807) is 0 Å². The molecule has 1 atom stereocenters. The Balaban J connectivity index is 1.32. The molecule has 1 aliphatic heterocycles. The molecule has 4 rings (SSSR count). The molecule has 1 N–H and O–H groups in total. The van der Waals surface area contributed by atoms with Gasteiger partial charge in [-0.2, -0.15) is 0 Å². The molecule has 0 aromatic heterocycles. The van der Waals surface area contributed by atoms with E-state index >= 15 is 0 Å². The van der Waals surface area contributed by atoms with Crippen molar-refractivity contribution in [1.82, 2.24) is 4.90 Å². The maximum Gasteiger partial charge on any atom is 0.253 e. The van der Waals surface area contributed by atoms with Crippen molar-refractivity contribution < 1.29 is 9.59 Å². The fourth-order valence-electron chi connectivity index (χ4n) is 4.71. The SMILES string of the molecule is CCC(C(=O)Nc1ccc(N2CCN(C(=O)c3ccc(C(C)(C)C)cc3)CC2)cc1)c1ccccc1. The molecule has 0 saturated carbocycles.